The average molecular weight is 749 g/mol. The summed E-state index contributed by atoms with van der Waals surface area (Å²) in [7, 11) is 0. The Labute approximate surface area is 334 Å². The highest BCUT2D eigenvalue weighted by Gasteiger charge is 2.35. The maximum absolute atomic E-state index is 6.40. The molecule has 0 fully saturated rings. The van der Waals surface area contributed by atoms with Crippen molar-refractivity contribution >= 4 is 82.2 Å². The number of thiophene rings is 1. The summed E-state index contributed by atoms with van der Waals surface area (Å²) < 4.78 is 10.1. The van der Waals surface area contributed by atoms with Gasteiger partial charge >= 0.3 is 0 Å². The standard InChI is InChI=1S/C53H36N2OS/c1-53(2)45-15-7-4-12-39(45)40-28-27-38(30-46(40)53)54(35-21-19-33(20-22-35)52-29-34-11-3-10-18-51(34)57-52)36-23-25-37(26-24-36)55-47-16-8-5-13-41(47)43-31-44-42-14-6-9-17-49(42)56-50(44)32-48(43)55/h3-32H,1-2H3. The van der Waals surface area contributed by atoms with E-state index in [2.05, 4.69) is 199 Å². The quantitative estimate of drug-likeness (QED) is 0.175. The second-order valence-electron chi connectivity index (χ2n) is 15.8. The third kappa shape index (κ3) is 4.84. The van der Waals surface area contributed by atoms with E-state index in [1.54, 1.807) is 0 Å². The van der Waals surface area contributed by atoms with Crippen LogP contribution in [-0.2, 0) is 5.41 Å². The highest BCUT2D eigenvalue weighted by Crippen LogP contribution is 2.51. The van der Waals surface area contributed by atoms with Crippen molar-refractivity contribution < 1.29 is 4.42 Å². The minimum absolute atomic E-state index is 0.107. The van der Waals surface area contributed by atoms with Gasteiger partial charge in [0.15, 0.2) is 0 Å². The molecule has 0 unspecified atom stereocenters. The van der Waals surface area contributed by atoms with Crippen molar-refractivity contribution in [3.63, 3.8) is 0 Å². The Kier molecular flexibility index (Phi) is 6.85. The van der Waals surface area contributed by atoms with Gasteiger partial charge in [0.25, 0.3) is 0 Å². The monoisotopic (exact) mass is 748 g/mol. The van der Waals surface area contributed by atoms with Gasteiger partial charge in [0.05, 0.1) is 11.0 Å². The maximum Gasteiger partial charge on any atom is 0.137 e. The van der Waals surface area contributed by atoms with Crippen LogP contribution in [0.4, 0.5) is 17.1 Å². The number of benzene rings is 8. The number of para-hydroxylation sites is 2. The van der Waals surface area contributed by atoms with Gasteiger partial charge in [-0.25, -0.2) is 0 Å². The van der Waals surface area contributed by atoms with Crippen LogP contribution in [0.1, 0.15) is 25.0 Å². The first kappa shape index (κ1) is 32.4. The molecule has 3 heterocycles. The van der Waals surface area contributed by atoms with Gasteiger partial charge in [-0.1, -0.05) is 111 Å². The van der Waals surface area contributed by atoms with Gasteiger partial charge in [-0.05, 0) is 112 Å². The molecule has 57 heavy (non-hydrogen) atoms. The number of furan rings is 1. The van der Waals surface area contributed by atoms with E-state index >= 15 is 0 Å². The molecule has 270 valence electrons. The second kappa shape index (κ2) is 12.1. The number of rotatable bonds is 5. The van der Waals surface area contributed by atoms with Crippen LogP contribution in [0.15, 0.2) is 186 Å². The summed E-state index contributed by atoms with van der Waals surface area (Å²) in [6.45, 7) is 4.70. The summed E-state index contributed by atoms with van der Waals surface area (Å²) in [5.41, 5.74) is 15.1. The van der Waals surface area contributed by atoms with Crippen molar-refractivity contribution in [3.05, 3.63) is 193 Å². The summed E-state index contributed by atoms with van der Waals surface area (Å²) >= 11 is 1.85. The number of hydrogen-bond acceptors (Lipinski definition) is 3. The van der Waals surface area contributed by atoms with Crippen molar-refractivity contribution in [2.75, 3.05) is 4.90 Å². The van der Waals surface area contributed by atoms with Gasteiger partial charge in [-0.2, -0.15) is 0 Å². The number of anilines is 3. The molecule has 0 saturated heterocycles. The molecule has 0 amide bonds. The molecule has 12 rings (SSSR count). The normalized spacial score (nSPS) is 13.2. The van der Waals surface area contributed by atoms with Crippen molar-refractivity contribution in [1.82, 2.24) is 4.57 Å². The maximum atomic E-state index is 6.40. The third-order valence-corrected chi connectivity index (χ3v) is 13.4. The van der Waals surface area contributed by atoms with E-state index < -0.39 is 0 Å². The highest BCUT2D eigenvalue weighted by molar-refractivity contribution is 7.22. The molecule has 1 aliphatic carbocycles. The summed E-state index contributed by atoms with van der Waals surface area (Å²) in [4.78, 5) is 3.68. The molecular weight excluding hydrogens is 713 g/mol. The van der Waals surface area contributed by atoms with E-state index in [0.717, 1.165) is 50.2 Å². The summed E-state index contributed by atoms with van der Waals surface area (Å²) in [6.07, 6.45) is 0. The molecule has 1 aliphatic rings. The Morgan fingerprint density at radius 3 is 2.02 bits per heavy atom. The molecule has 3 nitrogen and oxygen atoms in total. The summed E-state index contributed by atoms with van der Waals surface area (Å²) in [6, 6.07) is 66.5. The minimum atomic E-state index is -0.107. The van der Waals surface area contributed by atoms with Crippen LogP contribution < -0.4 is 4.90 Å². The molecule has 11 aromatic rings. The first-order chi connectivity index (χ1) is 28.0. The van der Waals surface area contributed by atoms with Crippen LogP contribution >= 0.6 is 11.3 Å². The molecule has 3 aromatic heterocycles. The Morgan fingerprint density at radius 1 is 0.491 bits per heavy atom. The topological polar surface area (TPSA) is 21.3 Å². The Balaban J connectivity index is 1.00. The average Bonchev–Trinajstić information content (AvgIpc) is 3.99. The zero-order chi connectivity index (χ0) is 37.8. The van der Waals surface area contributed by atoms with Gasteiger partial charge in [-0.15, -0.1) is 11.3 Å². The molecule has 0 aliphatic heterocycles. The van der Waals surface area contributed by atoms with Crippen molar-refractivity contribution in [2.24, 2.45) is 0 Å². The smallest absolute Gasteiger partial charge is 0.137 e. The molecule has 8 aromatic carbocycles. The van der Waals surface area contributed by atoms with Gasteiger partial charge in [0.1, 0.15) is 11.2 Å². The van der Waals surface area contributed by atoms with E-state index in [1.165, 1.54) is 59.1 Å². The van der Waals surface area contributed by atoms with Crippen molar-refractivity contribution in [1.29, 1.82) is 0 Å². The Hall–Kier alpha value is -6.88. The Morgan fingerprint density at radius 2 is 1.18 bits per heavy atom. The van der Waals surface area contributed by atoms with Crippen LogP contribution in [0, 0.1) is 0 Å². The van der Waals surface area contributed by atoms with Crippen molar-refractivity contribution in [3.8, 4) is 27.3 Å². The molecule has 0 saturated carbocycles. The lowest BCUT2D eigenvalue weighted by molar-refractivity contribution is 0.660. The number of nitrogens with zero attached hydrogens (tertiary/aromatic N) is 2. The van der Waals surface area contributed by atoms with Gasteiger partial charge in [0, 0.05) is 65.4 Å². The molecule has 4 heteroatoms. The lowest BCUT2D eigenvalue weighted by Crippen LogP contribution is -2.16. The van der Waals surface area contributed by atoms with E-state index in [1.807, 2.05) is 17.4 Å². The largest absolute Gasteiger partial charge is 0.456 e. The number of fused-ring (bicyclic) bond motifs is 10. The molecule has 0 N–H and O–H groups in total. The highest BCUT2D eigenvalue weighted by atomic mass is 32.1. The van der Waals surface area contributed by atoms with Crippen LogP contribution in [0.25, 0.3) is 81.1 Å². The first-order valence-electron chi connectivity index (χ1n) is 19.6. The summed E-state index contributed by atoms with van der Waals surface area (Å²) in [5, 5.41) is 6.02. The predicted molar refractivity (Wildman–Crippen MR) is 241 cm³/mol. The van der Waals surface area contributed by atoms with Crippen LogP contribution in [0.2, 0.25) is 0 Å². The van der Waals surface area contributed by atoms with Gasteiger partial charge < -0.3 is 13.9 Å². The molecule has 0 atom stereocenters. The van der Waals surface area contributed by atoms with Crippen LogP contribution in [-0.4, -0.2) is 4.57 Å². The lowest BCUT2D eigenvalue weighted by atomic mass is 9.82. The first-order valence-corrected chi connectivity index (χ1v) is 20.4. The molecule has 0 bridgehead atoms. The number of aromatic nitrogens is 1. The predicted octanol–water partition coefficient (Wildman–Crippen LogP) is 15.3. The second-order valence-corrected chi connectivity index (χ2v) is 16.8. The van der Waals surface area contributed by atoms with E-state index in [4.69, 9.17) is 4.42 Å². The van der Waals surface area contributed by atoms with Crippen LogP contribution in [0.3, 0.4) is 0 Å². The lowest BCUT2D eigenvalue weighted by Gasteiger charge is -2.28. The SMILES string of the molecule is CC1(C)c2ccccc2-c2ccc(N(c3ccc(-c4cc5ccccc5s4)cc3)c3ccc(-n4c5ccccc5c5cc6c(cc54)oc4ccccc46)cc3)cc21. The fourth-order valence-electron chi connectivity index (χ4n) is 9.39. The van der Waals surface area contributed by atoms with Crippen LogP contribution in [0.5, 0.6) is 0 Å². The van der Waals surface area contributed by atoms with Gasteiger partial charge in [-0.3, -0.25) is 0 Å². The molecule has 0 radical (unpaired) electrons. The fourth-order valence-corrected chi connectivity index (χ4v) is 10.5. The van der Waals surface area contributed by atoms with E-state index in [0.29, 0.717) is 0 Å². The molecule has 0 spiro atoms. The Bertz CT molecular complexity index is 3350. The van der Waals surface area contributed by atoms with E-state index in [9.17, 15) is 0 Å². The van der Waals surface area contributed by atoms with Crippen molar-refractivity contribution in [2.45, 2.75) is 19.3 Å². The third-order valence-electron chi connectivity index (χ3n) is 12.2. The number of hydrogen-bond donors (Lipinski definition) is 0. The minimum Gasteiger partial charge on any atom is -0.456 e. The summed E-state index contributed by atoms with van der Waals surface area (Å²) in [5.74, 6) is 0. The zero-order valence-electron chi connectivity index (χ0n) is 31.5. The zero-order valence-corrected chi connectivity index (χ0v) is 32.3. The van der Waals surface area contributed by atoms with Gasteiger partial charge in [0.2, 0.25) is 0 Å². The molecular formula is C53H36N2OS. The van der Waals surface area contributed by atoms with E-state index in [-0.39, 0.29) is 5.41 Å². The fraction of sp³-hybridized carbons (Fsp3) is 0.0566.